The molecule has 0 saturated carbocycles. The van der Waals surface area contributed by atoms with E-state index in [1.54, 1.807) is 19.1 Å². The maximum Gasteiger partial charge on any atom is 0.280 e. The normalized spacial score (nSPS) is 10.8. The van der Waals surface area contributed by atoms with E-state index < -0.39 is 6.43 Å². The van der Waals surface area contributed by atoms with Crippen LogP contribution in [0.2, 0.25) is 0 Å². The van der Waals surface area contributed by atoms with Crippen LogP contribution in [0.15, 0.2) is 12.1 Å². The second-order valence-corrected chi connectivity index (χ2v) is 3.00. The fraction of sp³-hybridized carbons (Fsp3) is 0.375. The largest absolute Gasteiger partial charge is 0.280 e. The summed E-state index contributed by atoms with van der Waals surface area (Å²) in [4.78, 5) is 3.79. The maximum atomic E-state index is 12.3. The molecule has 0 radical (unpaired) electrons. The van der Waals surface area contributed by atoms with Crippen molar-refractivity contribution in [1.82, 2.24) is 4.98 Å². The van der Waals surface area contributed by atoms with E-state index in [1.807, 2.05) is 0 Å². The Kier molecular flexibility index (Phi) is 3.14. The molecular weight excluding hydrogens is 228 g/mol. The third kappa shape index (κ3) is 2.00. The quantitative estimate of drug-likeness (QED) is 0.718. The van der Waals surface area contributed by atoms with Crippen LogP contribution in [0.25, 0.3) is 0 Å². The van der Waals surface area contributed by atoms with Crippen molar-refractivity contribution in [3.63, 3.8) is 0 Å². The Balaban J connectivity index is 3.08. The highest BCUT2D eigenvalue weighted by Gasteiger charge is 2.12. The molecule has 0 aliphatic heterocycles. The lowest BCUT2D eigenvalue weighted by Crippen LogP contribution is -1.97. The minimum atomic E-state index is -2.48. The van der Waals surface area contributed by atoms with Crippen LogP contribution < -0.4 is 0 Å². The highest BCUT2D eigenvalue weighted by Crippen LogP contribution is 2.20. The van der Waals surface area contributed by atoms with Gasteiger partial charge in [0.15, 0.2) is 0 Å². The van der Waals surface area contributed by atoms with Crippen LogP contribution in [-0.4, -0.2) is 4.98 Å². The van der Waals surface area contributed by atoms with Gasteiger partial charge in [0.05, 0.1) is 5.69 Å². The predicted octanol–water partition coefficient (Wildman–Crippen LogP) is 3.22. The topological polar surface area (TPSA) is 12.9 Å². The van der Waals surface area contributed by atoms with Crippen LogP contribution in [-0.2, 0) is 5.33 Å². The number of hydrogen-bond acceptors (Lipinski definition) is 1. The molecule has 0 aliphatic carbocycles. The van der Waals surface area contributed by atoms with E-state index in [1.165, 1.54) is 0 Å². The van der Waals surface area contributed by atoms with Crippen molar-refractivity contribution in [2.45, 2.75) is 18.7 Å². The lowest BCUT2D eigenvalue weighted by atomic mass is 10.2. The molecule has 1 nitrogen and oxygen atoms in total. The fourth-order valence-corrected chi connectivity index (χ4v) is 1.19. The Bertz CT molecular complexity index is 276. The second-order valence-electron chi connectivity index (χ2n) is 2.44. The lowest BCUT2D eigenvalue weighted by Gasteiger charge is -2.04. The number of pyridine rings is 1. The van der Waals surface area contributed by atoms with Gasteiger partial charge in [0.1, 0.15) is 5.69 Å². The zero-order valence-electron chi connectivity index (χ0n) is 6.52. The first-order valence-corrected chi connectivity index (χ1v) is 4.58. The minimum absolute atomic E-state index is 0.119. The Hall–Kier alpha value is -0.510. The van der Waals surface area contributed by atoms with E-state index in [0.29, 0.717) is 16.6 Å². The molecule has 1 aromatic heterocycles. The zero-order valence-corrected chi connectivity index (χ0v) is 8.11. The first-order valence-electron chi connectivity index (χ1n) is 3.45. The van der Waals surface area contributed by atoms with E-state index in [2.05, 4.69) is 20.9 Å². The molecule has 1 rings (SSSR count). The second kappa shape index (κ2) is 3.94. The van der Waals surface area contributed by atoms with Gasteiger partial charge in [-0.25, -0.2) is 8.78 Å². The summed E-state index contributed by atoms with van der Waals surface area (Å²) in [5.41, 5.74) is 1.05. The maximum absolute atomic E-state index is 12.3. The highest BCUT2D eigenvalue weighted by molar-refractivity contribution is 9.08. The van der Waals surface area contributed by atoms with Gasteiger partial charge in [-0.2, -0.15) is 0 Å². The molecule has 0 bridgehead atoms. The molecule has 0 N–H and O–H groups in total. The highest BCUT2D eigenvalue weighted by atomic mass is 79.9. The summed E-state index contributed by atoms with van der Waals surface area (Å²) in [6.07, 6.45) is -2.48. The lowest BCUT2D eigenvalue weighted by molar-refractivity contribution is 0.145. The Labute approximate surface area is 77.9 Å². The predicted molar refractivity (Wildman–Crippen MR) is 46.6 cm³/mol. The van der Waals surface area contributed by atoms with Gasteiger partial charge in [-0.3, -0.25) is 4.98 Å². The molecule has 66 valence electrons. The van der Waals surface area contributed by atoms with Gasteiger partial charge >= 0.3 is 0 Å². The summed E-state index contributed by atoms with van der Waals surface area (Å²) < 4.78 is 24.5. The van der Waals surface area contributed by atoms with Crippen LogP contribution in [0.4, 0.5) is 8.78 Å². The van der Waals surface area contributed by atoms with Crippen molar-refractivity contribution in [2.24, 2.45) is 0 Å². The molecule has 0 unspecified atom stereocenters. The van der Waals surface area contributed by atoms with Gasteiger partial charge in [-0.15, -0.1) is 0 Å². The van der Waals surface area contributed by atoms with Crippen LogP contribution in [0.5, 0.6) is 0 Å². The number of hydrogen-bond donors (Lipinski definition) is 0. The molecular formula is C8H8BrF2N. The molecule has 0 amide bonds. The summed E-state index contributed by atoms with van der Waals surface area (Å²) in [5.74, 6) is 0. The standard InChI is InChI=1S/C8H8BrF2N/c1-5-2-3-6(4-9)12-7(5)8(10)11/h2-3,8H,4H2,1H3. The van der Waals surface area contributed by atoms with E-state index in [9.17, 15) is 8.78 Å². The molecule has 4 heteroatoms. The molecule has 0 saturated heterocycles. The number of halogens is 3. The molecule has 12 heavy (non-hydrogen) atoms. The van der Waals surface area contributed by atoms with Gasteiger partial charge in [-0.05, 0) is 18.6 Å². The summed E-state index contributed by atoms with van der Waals surface area (Å²) in [6, 6.07) is 3.39. The molecule has 1 aromatic rings. The zero-order chi connectivity index (χ0) is 9.14. The first kappa shape index (κ1) is 9.58. The third-order valence-electron chi connectivity index (χ3n) is 1.54. The van der Waals surface area contributed by atoms with Gasteiger partial charge in [0, 0.05) is 5.33 Å². The fourth-order valence-electron chi connectivity index (χ4n) is 0.882. The first-order chi connectivity index (χ1) is 5.65. The summed E-state index contributed by atoms with van der Waals surface area (Å²) in [6.45, 7) is 1.63. The van der Waals surface area contributed by atoms with Crippen molar-refractivity contribution in [1.29, 1.82) is 0 Å². The van der Waals surface area contributed by atoms with Gasteiger partial charge in [0.25, 0.3) is 6.43 Å². The van der Waals surface area contributed by atoms with E-state index >= 15 is 0 Å². The van der Waals surface area contributed by atoms with Crippen LogP contribution in [0.3, 0.4) is 0 Å². The van der Waals surface area contributed by atoms with E-state index in [0.717, 1.165) is 0 Å². The van der Waals surface area contributed by atoms with Gasteiger partial charge < -0.3 is 0 Å². The Morgan fingerprint density at radius 2 is 2.17 bits per heavy atom. The SMILES string of the molecule is Cc1ccc(CBr)nc1C(F)F. The molecule has 0 aliphatic rings. The smallest absolute Gasteiger partial charge is 0.251 e. The number of aromatic nitrogens is 1. The molecule has 0 aromatic carbocycles. The van der Waals surface area contributed by atoms with Crippen LogP contribution in [0.1, 0.15) is 23.4 Å². The minimum Gasteiger partial charge on any atom is -0.251 e. The monoisotopic (exact) mass is 235 g/mol. The Morgan fingerprint density at radius 1 is 1.50 bits per heavy atom. The number of rotatable bonds is 2. The Morgan fingerprint density at radius 3 is 2.67 bits per heavy atom. The van der Waals surface area contributed by atoms with Crippen molar-refractivity contribution in [2.75, 3.05) is 0 Å². The summed E-state index contributed by atoms with van der Waals surface area (Å²) in [5, 5.41) is 0.507. The molecule has 0 atom stereocenters. The molecule has 0 fully saturated rings. The number of aryl methyl sites for hydroxylation is 1. The molecule has 0 spiro atoms. The van der Waals surface area contributed by atoms with E-state index in [4.69, 9.17) is 0 Å². The number of nitrogens with zero attached hydrogens (tertiary/aromatic N) is 1. The van der Waals surface area contributed by atoms with Crippen molar-refractivity contribution >= 4 is 15.9 Å². The third-order valence-corrected chi connectivity index (χ3v) is 2.11. The summed E-state index contributed by atoms with van der Waals surface area (Å²) >= 11 is 3.16. The van der Waals surface area contributed by atoms with Crippen LogP contribution >= 0.6 is 15.9 Å². The van der Waals surface area contributed by atoms with Crippen molar-refractivity contribution < 1.29 is 8.78 Å². The summed E-state index contributed by atoms with van der Waals surface area (Å²) in [7, 11) is 0. The van der Waals surface area contributed by atoms with E-state index in [-0.39, 0.29) is 5.69 Å². The average Bonchev–Trinajstić information content (AvgIpc) is 2.05. The van der Waals surface area contributed by atoms with Crippen LogP contribution in [0, 0.1) is 6.92 Å². The van der Waals surface area contributed by atoms with Crippen molar-refractivity contribution in [3.8, 4) is 0 Å². The molecule has 1 heterocycles. The van der Waals surface area contributed by atoms with Crippen molar-refractivity contribution in [3.05, 3.63) is 29.1 Å². The van der Waals surface area contributed by atoms with Gasteiger partial charge in [-0.1, -0.05) is 22.0 Å². The van der Waals surface area contributed by atoms with Gasteiger partial charge in [0.2, 0.25) is 0 Å². The average molecular weight is 236 g/mol. The number of alkyl halides is 3.